The van der Waals surface area contributed by atoms with E-state index in [0.717, 1.165) is 11.3 Å². The number of methoxy groups -OCH3 is 1. The molecule has 5 heteroatoms. The number of nitrogens with one attached hydrogen (secondary N) is 1. The van der Waals surface area contributed by atoms with Gasteiger partial charge in [-0.2, -0.15) is 0 Å². The number of carboxylic acid groups (broad SMARTS) is 1. The van der Waals surface area contributed by atoms with Crippen molar-refractivity contribution in [1.82, 2.24) is 5.32 Å². The van der Waals surface area contributed by atoms with Crippen molar-refractivity contribution in [2.45, 2.75) is 38.8 Å². The molecule has 0 heterocycles. The van der Waals surface area contributed by atoms with Crippen LogP contribution >= 0.6 is 0 Å². The molecule has 0 aliphatic heterocycles. The van der Waals surface area contributed by atoms with E-state index >= 15 is 0 Å². The Morgan fingerprint density at radius 3 is 2.38 bits per heavy atom. The number of aliphatic hydroxyl groups excluding tert-OH is 1. The summed E-state index contributed by atoms with van der Waals surface area (Å²) in [5, 5.41) is 22.2. The number of carbonyl (C=O) groups is 1. The van der Waals surface area contributed by atoms with Gasteiger partial charge in [0.2, 0.25) is 0 Å². The molecule has 21 heavy (non-hydrogen) atoms. The molecule has 118 valence electrons. The van der Waals surface area contributed by atoms with Crippen LogP contribution in [0.2, 0.25) is 0 Å². The van der Waals surface area contributed by atoms with E-state index in [9.17, 15) is 9.90 Å². The molecule has 0 unspecified atom stereocenters. The largest absolute Gasteiger partial charge is 0.497 e. The van der Waals surface area contributed by atoms with Gasteiger partial charge in [-0.25, -0.2) is 0 Å². The number of aliphatic hydroxyl groups is 1. The Morgan fingerprint density at radius 2 is 1.90 bits per heavy atom. The Morgan fingerprint density at radius 1 is 1.29 bits per heavy atom. The molecule has 0 bridgehead atoms. The maximum atomic E-state index is 11.1. The number of aliphatic carboxylic acids is 1. The van der Waals surface area contributed by atoms with Crippen LogP contribution in [0.1, 0.15) is 38.4 Å². The molecule has 0 aliphatic carbocycles. The van der Waals surface area contributed by atoms with Crippen molar-refractivity contribution in [2.75, 3.05) is 13.7 Å². The van der Waals surface area contributed by atoms with E-state index in [0.29, 0.717) is 25.3 Å². The fourth-order valence-electron chi connectivity index (χ4n) is 2.13. The van der Waals surface area contributed by atoms with Gasteiger partial charge >= 0.3 is 5.97 Å². The first kappa shape index (κ1) is 17.5. The van der Waals surface area contributed by atoms with Gasteiger partial charge in [0.15, 0.2) is 0 Å². The second kappa shape index (κ2) is 8.64. The second-order valence-electron chi connectivity index (χ2n) is 5.55. The summed E-state index contributed by atoms with van der Waals surface area (Å²) in [6.45, 7) is 4.44. The van der Waals surface area contributed by atoms with Gasteiger partial charge in [0.05, 0.1) is 13.2 Å². The topological polar surface area (TPSA) is 78.8 Å². The molecular weight excluding hydrogens is 270 g/mol. The number of rotatable bonds is 9. The fourth-order valence-corrected chi connectivity index (χ4v) is 2.13. The molecule has 0 aromatic heterocycles. The van der Waals surface area contributed by atoms with Crippen LogP contribution in [0, 0.1) is 5.92 Å². The van der Waals surface area contributed by atoms with Crippen LogP contribution in [0.15, 0.2) is 24.3 Å². The van der Waals surface area contributed by atoms with Crippen LogP contribution in [0.4, 0.5) is 0 Å². The zero-order valence-corrected chi connectivity index (χ0v) is 12.9. The first-order valence-corrected chi connectivity index (χ1v) is 7.22. The Kier molecular flexibility index (Phi) is 7.19. The van der Waals surface area contributed by atoms with Crippen LogP contribution in [0.25, 0.3) is 0 Å². The van der Waals surface area contributed by atoms with Crippen molar-refractivity contribution in [3.05, 3.63) is 29.8 Å². The van der Waals surface area contributed by atoms with E-state index < -0.39 is 18.1 Å². The minimum absolute atomic E-state index is 0.310. The van der Waals surface area contributed by atoms with Crippen molar-refractivity contribution in [1.29, 1.82) is 0 Å². The maximum absolute atomic E-state index is 11.1. The molecule has 1 aromatic rings. The number of benzene rings is 1. The van der Waals surface area contributed by atoms with E-state index in [4.69, 9.17) is 9.84 Å². The van der Waals surface area contributed by atoms with E-state index in [1.807, 2.05) is 26.0 Å². The molecular formula is C16H25NO4. The van der Waals surface area contributed by atoms with Crippen LogP contribution in [0.5, 0.6) is 5.75 Å². The third-order valence-electron chi connectivity index (χ3n) is 3.31. The van der Waals surface area contributed by atoms with E-state index in [-0.39, 0.29) is 0 Å². The van der Waals surface area contributed by atoms with Gasteiger partial charge in [0.25, 0.3) is 0 Å². The van der Waals surface area contributed by atoms with Crippen molar-refractivity contribution in [3.8, 4) is 5.75 Å². The Bertz CT molecular complexity index is 430. The van der Waals surface area contributed by atoms with Crippen LogP contribution < -0.4 is 10.1 Å². The predicted molar refractivity (Wildman–Crippen MR) is 81.5 cm³/mol. The molecule has 5 nitrogen and oxygen atoms in total. The number of carboxylic acids is 1. The van der Waals surface area contributed by atoms with Gasteiger partial charge in [-0.3, -0.25) is 4.79 Å². The average molecular weight is 295 g/mol. The third-order valence-corrected chi connectivity index (χ3v) is 3.31. The van der Waals surface area contributed by atoms with Gasteiger partial charge < -0.3 is 20.3 Å². The molecule has 0 fully saturated rings. The summed E-state index contributed by atoms with van der Waals surface area (Å²) in [7, 11) is 1.59. The van der Waals surface area contributed by atoms with Crippen molar-refractivity contribution >= 4 is 5.97 Å². The third kappa shape index (κ3) is 6.14. The zero-order chi connectivity index (χ0) is 15.8. The summed E-state index contributed by atoms with van der Waals surface area (Å²) in [6, 6.07) is 6.65. The monoisotopic (exact) mass is 295 g/mol. The summed E-state index contributed by atoms with van der Waals surface area (Å²) in [4.78, 5) is 11.1. The summed E-state index contributed by atoms with van der Waals surface area (Å²) in [5.41, 5.74) is 0.799. The smallest absolute Gasteiger partial charge is 0.320 e. The lowest BCUT2D eigenvalue weighted by Gasteiger charge is -2.18. The second-order valence-corrected chi connectivity index (χ2v) is 5.55. The van der Waals surface area contributed by atoms with Crippen LogP contribution in [-0.2, 0) is 4.79 Å². The van der Waals surface area contributed by atoms with Gasteiger partial charge in [-0.05, 0) is 43.0 Å². The molecule has 0 saturated carbocycles. The van der Waals surface area contributed by atoms with E-state index in [1.54, 1.807) is 19.2 Å². The lowest BCUT2D eigenvalue weighted by atomic mass is 10.0. The first-order chi connectivity index (χ1) is 9.93. The van der Waals surface area contributed by atoms with Gasteiger partial charge in [-0.15, -0.1) is 0 Å². The quantitative estimate of drug-likeness (QED) is 0.651. The highest BCUT2D eigenvalue weighted by Gasteiger charge is 2.18. The summed E-state index contributed by atoms with van der Waals surface area (Å²) in [6.07, 6.45) is 0.430. The fraction of sp³-hybridized carbons (Fsp3) is 0.562. The molecule has 2 atom stereocenters. The normalized spacial score (nSPS) is 14.0. The molecule has 0 amide bonds. The molecule has 3 N–H and O–H groups in total. The number of hydrogen-bond donors (Lipinski definition) is 3. The number of hydrogen-bond acceptors (Lipinski definition) is 4. The highest BCUT2D eigenvalue weighted by atomic mass is 16.5. The summed E-state index contributed by atoms with van der Waals surface area (Å²) in [5.74, 6) is 0.208. The van der Waals surface area contributed by atoms with Gasteiger partial charge in [0.1, 0.15) is 11.8 Å². The van der Waals surface area contributed by atoms with Crippen molar-refractivity contribution in [3.63, 3.8) is 0 Å². The number of ether oxygens (including phenoxy) is 1. The highest BCUT2D eigenvalue weighted by Crippen LogP contribution is 2.19. The Balaban J connectivity index is 2.44. The maximum Gasteiger partial charge on any atom is 0.320 e. The van der Waals surface area contributed by atoms with Gasteiger partial charge in [0, 0.05) is 0 Å². The molecule has 1 aromatic carbocycles. The summed E-state index contributed by atoms with van der Waals surface area (Å²) >= 11 is 0. The van der Waals surface area contributed by atoms with E-state index in [1.165, 1.54) is 0 Å². The van der Waals surface area contributed by atoms with Gasteiger partial charge in [-0.1, -0.05) is 26.0 Å². The minimum Gasteiger partial charge on any atom is -0.497 e. The lowest BCUT2D eigenvalue weighted by molar-refractivity contribution is -0.139. The van der Waals surface area contributed by atoms with Crippen LogP contribution in [0.3, 0.4) is 0 Å². The molecule has 0 spiro atoms. The van der Waals surface area contributed by atoms with Crippen molar-refractivity contribution < 1.29 is 19.7 Å². The predicted octanol–water partition coefficient (Wildman–Crippen LogP) is 2.21. The first-order valence-electron chi connectivity index (χ1n) is 7.22. The van der Waals surface area contributed by atoms with Crippen molar-refractivity contribution in [2.24, 2.45) is 5.92 Å². The standard InChI is InChI=1S/C16H25NO4/c1-11(2)10-14(16(19)20)17-9-8-15(18)12-4-6-13(21-3)7-5-12/h4-7,11,14-15,17-18H,8-10H2,1-3H3,(H,19,20)/t14-,15+/m1/s1. The summed E-state index contributed by atoms with van der Waals surface area (Å²) < 4.78 is 5.07. The lowest BCUT2D eigenvalue weighted by Crippen LogP contribution is -2.38. The molecule has 1 rings (SSSR count). The Hall–Kier alpha value is -1.59. The average Bonchev–Trinajstić information content (AvgIpc) is 2.45. The van der Waals surface area contributed by atoms with E-state index in [2.05, 4.69) is 5.32 Å². The zero-order valence-electron chi connectivity index (χ0n) is 12.9. The molecule has 0 aliphatic rings. The highest BCUT2D eigenvalue weighted by molar-refractivity contribution is 5.73. The molecule has 0 radical (unpaired) electrons. The minimum atomic E-state index is -0.845. The molecule has 0 saturated heterocycles. The SMILES string of the molecule is COc1ccc([C@@H](O)CCN[C@H](CC(C)C)C(=O)O)cc1. The Labute approximate surface area is 125 Å². The van der Waals surface area contributed by atoms with Crippen LogP contribution in [-0.4, -0.2) is 35.9 Å².